The second-order valence-corrected chi connectivity index (χ2v) is 16.2. The third-order valence-corrected chi connectivity index (χ3v) is 15.4. The molecule has 0 aliphatic rings. The van der Waals surface area contributed by atoms with Crippen LogP contribution in [0.5, 0.6) is 0 Å². The van der Waals surface area contributed by atoms with Gasteiger partial charge in [0.05, 0.1) is 0 Å². The molecule has 0 saturated carbocycles. The predicted molar refractivity (Wildman–Crippen MR) is 166 cm³/mol. The van der Waals surface area contributed by atoms with Crippen molar-refractivity contribution in [3.8, 4) is 0 Å². The Bertz CT molecular complexity index is 1640. The standard InChI is InChI=1S/C34H31O5PS/c1-27-18-24-33(25-19-27)41(36,37)39-40(30-12-6-3-7-13-30,31-14-8-4-9-15-31,32-16-10-5-11-17-32)26-28-20-22-29(23-21-28)34(35)38-2/h3-25H,26H2,1-2H3. The molecule has 5 aromatic rings. The monoisotopic (exact) mass is 582 g/mol. The van der Waals surface area contributed by atoms with E-state index in [2.05, 4.69) is 0 Å². The van der Waals surface area contributed by atoms with Crippen molar-refractivity contribution >= 4 is 38.8 Å². The molecule has 41 heavy (non-hydrogen) atoms. The molecule has 208 valence electrons. The van der Waals surface area contributed by atoms with E-state index in [9.17, 15) is 13.2 Å². The van der Waals surface area contributed by atoms with Crippen LogP contribution in [0.2, 0.25) is 0 Å². The molecule has 0 atom stereocenters. The zero-order chi connectivity index (χ0) is 29.0. The molecule has 5 nitrogen and oxygen atoms in total. The van der Waals surface area contributed by atoms with Crippen LogP contribution in [-0.2, 0) is 25.0 Å². The van der Waals surface area contributed by atoms with E-state index in [1.54, 1.807) is 36.4 Å². The van der Waals surface area contributed by atoms with E-state index in [1.165, 1.54) is 7.11 Å². The Morgan fingerprint density at radius 1 is 0.634 bits per heavy atom. The van der Waals surface area contributed by atoms with Gasteiger partial charge in [0.2, 0.25) is 0 Å². The normalized spacial score (nSPS) is 12.7. The average molecular weight is 583 g/mol. The van der Waals surface area contributed by atoms with Gasteiger partial charge in [0.25, 0.3) is 0 Å². The molecule has 0 unspecified atom stereocenters. The Kier molecular flexibility index (Phi) is 7.92. The molecule has 0 spiro atoms. The molecule has 0 amide bonds. The Labute approximate surface area is 241 Å². The summed E-state index contributed by atoms with van der Waals surface area (Å²) in [5.74, 6) is -0.443. The number of aryl methyl sites for hydroxylation is 1. The number of carbonyl (C=O) groups excluding carboxylic acids is 1. The van der Waals surface area contributed by atoms with Gasteiger partial charge in [0.15, 0.2) is 0 Å². The van der Waals surface area contributed by atoms with E-state index >= 15 is 0 Å². The van der Waals surface area contributed by atoms with Crippen LogP contribution in [0.1, 0.15) is 21.5 Å². The van der Waals surface area contributed by atoms with E-state index in [0.717, 1.165) is 27.0 Å². The summed E-state index contributed by atoms with van der Waals surface area (Å²) in [6.07, 6.45) is 0.232. The van der Waals surface area contributed by atoms with Gasteiger partial charge in [-0.05, 0) is 0 Å². The maximum absolute atomic E-state index is 14.4. The molecule has 0 aliphatic heterocycles. The summed E-state index contributed by atoms with van der Waals surface area (Å²) in [5, 5.41) is 2.30. The van der Waals surface area contributed by atoms with Gasteiger partial charge in [-0.25, -0.2) is 0 Å². The number of benzene rings is 5. The number of esters is 1. The Morgan fingerprint density at radius 2 is 1.07 bits per heavy atom. The molecule has 0 bridgehead atoms. The van der Waals surface area contributed by atoms with Crippen molar-refractivity contribution in [1.29, 1.82) is 0 Å². The molecule has 0 saturated heterocycles. The Hall–Kier alpha value is -4.09. The summed E-state index contributed by atoms with van der Waals surface area (Å²) < 4.78 is 40.6. The van der Waals surface area contributed by atoms with Crippen LogP contribution in [0.3, 0.4) is 0 Å². The van der Waals surface area contributed by atoms with Crippen LogP contribution in [0.4, 0.5) is 0 Å². The summed E-state index contributed by atoms with van der Waals surface area (Å²) in [6, 6.07) is 42.6. The Balaban J connectivity index is 1.89. The van der Waals surface area contributed by atoms with Crippen molar-refractivity contribution in [1.82, 2.24) is 0 Å². The van der Waals surface area contributed by atoms with Gasteiger partial charge in [0.1, 0.15) is 0 Å². The van der Waals surface area contributed by atoms with Crippen LogP contribution in [-0.4, -0.2) is 21.5 Å². The van der Waals surface area contributed by atoms with Gasteiger partial charge in [0, 0.05) is 0 Å². The first kappa shape index (κ1) is 28.4. The zero-order valence-electron chi connectivity index (χ0n) is 22.9. The molecule has 5 aromatic carbocycles. The molecule has 0 aromatic heterocycles. The average Bonchev–Trinajstić information content (AvgIpc) is 3.02. The fourth-order valence-electron chi connectivity index (χ4n) is 5.28. The van der Waals surface area contributed by atoms with E-state index in [1.807, 2.05) is 110 Å². The maximum atomic E-state index is 14.4. The van der Waals surface area contributed by atoms with Crippen molar-refractivity contribution in [2.24, 2.45) is 0 Å². The summed E-state index contributed by atoms with van der Waals surface area (Å²) in [5.41, 5.74) is 2.16. The van der Waals surface area contributed by atoms with Gasteiger partial charge < -0.3 is 0 Å². The van der Waals surface area contributed by atoms with Crippen molar-refractivity contribution in [2.75, 3.05) is 7.11 Å². The number of carbonyl (C=O) groups is 1. The first-order valence-corrected chi connectivity index (χ1v) is 16.9. The van der Waals surface area contributed by atoms with Crippen LogP contribution in [0.15, 0.2) is 144 Å². The summed E-state index contributed by atoms with van der Waals surface area (Å²) in [4.78, 5) is 12.3. The minimum atomic E-state index is -4.34. The molecule has 0 N–H and O–H groups in total. The van der Waals surface area contributed by atoms with Crippen LogP contribution in [0.25, 0.3) is 0 Å². The molecule has 7 heteroatoms. The first-order valence-electron chi connectivity index (χ1n) is 13.2. The molecule has 5 rings (SSSR count). The summed E-state index contributed by atoms with van der Waals surface area (Å²) in [6.45, 7) is -2.43. The van der Waals surface area contributed by atoms with Gasteiger partial charge in [-0.15, -0.1) is 0 Å². The molecular weight excluding hydrogens is 551 g/mol. The van der Waals surface area contributed by atoms with E-state index in [4.69, 9.17) is 8.71 Å². The quantitative estimate of drug-likeness (QED) is 0.155. The third-order valence-electron chi connectivity index (χ3n) is 7.34. The van der Waals surface area contributed by atoms with Gasteiger partial charge in [-0.3, -0.25) is 0 Å². The summed E-state index contributed by atoms with van der Waals surface area (Å²) in [7, 11) is -2.96. The van der Waals surface area contributed by atoms with Crippen LogP contribution in [0, 0.1) is 6.92 Å². The van der Waals surface area contributed by atoms with Crippen molar-refractivity contribution < 1.29 is 21.9 Å². The minimum absolute atomic E-state index is 0.0842. The van der Waals surface area contributed by atoms with Crippen molar-refractivity contribution in [2.45, 2.75) is 18.0 Å². The number of hydrogen-bond acceptors (Lipinski definition) is 5. The molecule has 0 aliphatic carbocycles. The fourth-order valence-corrected chi connectivity index (χ4v) is 13.8. The Morgan fingerprint density at radius 3 is 1.49 bits per heavy atom. The van der Waals surface area contributed by atoms with E-state index in [0.29, 0.717) is 5.56 Å². The van der Waals surface area contributed by atoms with Crippen molar-refractivity contribution in [3.63, 3.8) is 0 Å². The second-order valence-electron chi connectivity index (χ2n) is 9.91. The van der Waals surface area contributed by atoms with Gasteiger partial charge in [-0.2, -0.15) is 0 Å². The number of methoxy groups -OCH3 is 1. The number of hydrogen-bond donors (Lipinski definition) is 0. The van der Waals surface area contributed by atoms with E-state index < -0.39 is 22.9 Å². The number of rotatable bonds is 9. The topological polar surface area (TPSA) is 69.7 Å². The summed E-state index contributed by atoms with van der Waals surface area (Å²) >= 11 is 0. The fraction of sp³-hybridized carbons (Fsp3) is 0.0882. The molecule has 0 fully saturated rings. The van der Waals surface area contributed by atoms with Crippen LogP contribution < -0.4 is 15.9 Å². The molecule has 0 heterocycles. The zero-order valence-corrected chi connectivity index (χ0v) is 24.6. The van der Waals surface area contributed by atoms with Gasteiger partial charge in [-0.1, -0.05) is 0 Å². The SMILES string of the molecule is COC(=O)c1ccc(CP(OS(=O)(=O)c2ccc(C)cc2)(c2ccccc2)(c2ccccc2)c2ccccc2)cc1. The molecular formula is C34H31O5PS. The second kappa shape index (κ2) is 11.4. The predicted octanol–water partition coefficient (Wildman–Crippen LogP) is 6.13. The van der Waals surface area contributed by atoms with Gasteiger partial charge >= 0.3 is 242 Å². The van der Waals surface area contributed by atoms with E-state index in [-0.39, 0.29) is 11.1 Å². The third kappa shape index (κ3) is 5.22. The number of ether oxygens (including phenoxy) is 1. The van der Waals surface area contributed by atoms with Crippen molar-refractivity contribution in [3.05, 3.63) is 156 Å². The van der Waals surface area contributed by atoms with Crippen LogP contribution >= 0.6 is 6.83 Å². The molecule has 0 radical (unpaired) electrons. The first-order chi connectivity index (χ1) is 19.8.